The largest absolute Gasteiger partial charge is 0.479 e. The summed E-state index contributed by atoms with van der Waals surface area (Å²) in [6.07, 6.45) is 1.52. The molecule has 2 aliphatic rings. The molecule has 22 heavy (non-hydrogen) atoms. The zero-order valence-electron chi connectivity index (χ0n) is 11.6. The highest BCUT2D eigenvalue weighted by Crippen LogP contribution is 2.37. The van der Waals surface area contributed by atoms with E-state index in [1.54, 1.807) is 6.08 Å². The molecule has 5 heteroatoms. The van der Waals surface area contributed by atoms with Gasteiger partial charge in [0, 0.05) is 0 Å². The average Bonchev–Trinajstić information content (AvgIpc) is 2.79. The molecule has 5 nitrogen and oxygen atoms in total. The first-order valence-corrected chi connectivity index (χ1v) is 7.04. The number of rotatable bonds is 2. The SMILES string of the molecule is O=C(O)C1C(=Cc2ccc3ccccc3c2)OC2CC(=O)N21. The molecular weight excluding hydrogens is 282 g/mol. The van der Waals surface area contributed by atoms with Crippen LogP contribution in [0.5, 0.6) is 0 Å². The maximum atomic E-state index is 11.6. The van der Waals surface area contributed by atoms with Gasteiger partial charge in [-0.05, 0) is 28.5 Å². The van der Waals surface area contributed by atoms with E-state index in [-0.39, 0.29) is 12.3 Å². The maximum Gasteiger partial charge on any atom is 0.334 e. The number of carbonyl (C=O) groups excluding carboxylic acids is 1. The van der Waals surface area contributed by atoms with E-state index in [2.05, 4.69) is 0 Å². The minimum Gasteiger partial charge on any atom is -0.479 e. The molecule has 4 rings (SSSR count). The fourth-order valence-electron chi connectivity index (χ4n) is 2.98. The number of amides is 1. The van der Waals surface area contributed by atoms with E-state index in [9.17, 15) is 14.7 Å². The Morgan fingerprint density at radius 2 is 2.00 bits per heavy atom. The third-order valence-electron chi connectivity index (χ3n) is 4.08. The van der Waals surface area contributed by atoms with Gasteiger partial charge in [-0.2, -0.15) is 0 Å². The molecule has 2 fully saturated rings. The van der Waals surface area contributed by atoms with Gasteiger partial charge < -0.3 is 9.84 Å². The Hall–Kier alpha value is -2.82. The molecule has 1 N–H and O–H groups in total. The first-order valence-electron chi connectivity index (χ1n) is 7.04. The van der Waals surface area contributed by atoms with Crippen LogP contribution in [0.15, 0.2) is 48.2 Å². The Morgan fingerprint density at radius 3 is 2.73 bits per heavy atom. The minimum absolute atomic E-state index is 0.181. The minimum atomic E-state index is -1.07. The summed E-state index contributed by atoms with van der Waals surface area (Å²) in [6, 6.07) is 12.8. The van der Waals surface area contributed by atoms with Gasteiger partial charge in [-0.25, -0.2) is 4.79 Å². The van der Waals surface area contributed by atoms with E-state index in [4.69, 9.17) is 4.74 Å². The first-order chi connectivity index (χ1) is 10.6. The lowest BCUT2D eigenvalue weighted by Crippen LogP contribution is -2.54. The molecule has 2 aromatic carbocycles. The van der Waals surface area contributed by atoms with E-state index < -0.39 is 18.2 Å². The lowest BCUT2D eigenvalue weighted by molar-refractivity contribution is -0.163. The van der Waals surface area contributed by atoms with Gasteiger partial charge in [0.2, 0.25) is 5.91 Å². The predicted molar refractivity (Wildman–Crippen MR) is 79.7 cm³/mol. The number of ether oxygens (including phenoxy) is 1. The molecule has 2 aliphatic heterocycles. The number of nitrogens with zero attached hydrogens (tertiary/aromatic N) is 1. The van der Waals surface area contributed by atoms with E-state index in [0.717, 1.165) is 16.3 Å². The molecule has 1 amide bonds. The number of carboxylic acids is 1. The van der Waals surface area contributed by atoms with Crippen molar-refractivity contribution in [3.8, 4) is 0 Å². The van der Waals surface area contributed by atoms with Crippen molar-refractivity contribution in [2.24, 2.45) is 0 Å². The Kier molecular flexibility index (Phi) is 2.69. The highest BCUT2D eigenvalue weighted by atomic mass is 16.5. The van der Waals surface area contributed by atoms with Gasteiger partial charge in [0.05, 0.1) is 6.42 Å². The normalized spacial score (nSPS) is 25.0. The van der Waals surface area contributed by atoms with Crippen molar-refractivity contribution in [3.05, 3.63) is 53.8 Å². The van der Waals surface area contributed by atoms with Crippen molar-refractivity contribution in [1.82, 2.24) is 4.90 Å². The van der Waals surface area contributed by atoms with Crippen molar-refractivity contribution < 1.29 is 19.4 Å². The second kappa shape index (κ2) is 4.59. The third-order valence-corrected chi connectivity index (χ3v) is 4.08. The number of hydrogen-bond donors (Lipinski definition) is 1. The van der Waals surface area contributed by atoms with Crippen LogP contribution in [0.25, 0.3) is 16.8 Å². The Bertz CT molecular complexity index is 826. The van der Waals surface area contributed by atoms with Gasteiger partial charge in [-0.1, -0.05) is 36.4 Å². The summed E-state index contributed by atoms with van der Waals surface area (Å²) in [7, 11) is 0. The fourth-order valence-corrected chi connectivity index (χ4v) is 2.98. The summed E-state index contributed by atoms with van der Waals surface area (Å²) in [6.45, 7) is 0. The quantitative estimate of drug-likeness (QED) is 0.863. The Balaban J connectivity index is 1.73. The zero-order valence-corrected chi connectivity index (χ0v) is 11.6. The van der Waals surface area contributed by atoms with Crippen LogP contribution in [0.1, 0.15) is 12.0 Å². The van der Waals surface area contributed by atoms with Crippen LogP contribution in [-0.2, 0) is 14.3 Å². The Morgan fingerprint density at radius 1 is 1.23 bits per heavy atom. The molecule has 110 valence electrons. The number of benzene rings is 2. The van der Waals surface area contributed by atoms with Crippen LogP contribution < -0.4 is 0 Å². The van der Waals surface area contributed by atoms with Gasteiger partial charge in [0.25, 0.3) is 0 Å². The number of carboxylic acid groups (broad SMARTS) is 1. The topological polar surface area (TPSA) is 66.8 Å². The first kappa shape index (κ1) is 12.9. The smallest absolute Gasteiger partial charge is 0.334 e. The molecule has 2 saturated heterocycles. The Labute approximate surface area is 126 Å². The van der Waals surface area contributed by atoms with Crippen LogP contribution in [0.2, 0.25) is 0 Å². The summed E-state index contributed by atoms with van der Waals surface area (Å²) in [5, 5.41) is 11.5. The lowest BCUT2D eigenvalue weighted by atomic mass is 10.0. The molecular formula is C17H13NO4. The number of hydrogen-bond acceptors (Lipinski definition) is 3. The molecule has 2 unspecified atom stereocenters. The molecule has 0 bridgehead atoms. The summed E-state index contributed by atoms with van der Waals surface area (Å²) in [4.78, 5) is 24.3. The number of fused-ring (bicyclic) bond motifs is 2. The summed E-state index contributed by atoms with van der Waals surface area (Å²) < 4.78 is 5.61. The predicted octanol–water partition coefficient (Wildman–Crippen LogP) is 2.22. The van der Waals surface area contributed by atoms with Gasteiger partial charge in [-0.15, -0.1) is 0 Å². The van der Waals surface area contributed by atoms with Crippen LogP contribution in [0, 0.1) is 0 Å². The molecule has 0 spiro atoms. The third kappa shape index (κ3) is 1.86. The van der Waals surface area contributed by atoms with Crippen molar-refractivity contribution in [2.45, 2.75) is 18.7 Å². The molecule has 0 radical (unpaired) electrons. The molecule has 2 heterocycles. The standard InChI is InChI=1S/C17H13NO4/c19-14-9-15-18(14)16(17(20)21)13(22-15)8-10-5-6-11-3-1-2-4-12(11)7-10/h1-8,15-16H,9H2,(H,20,21). The number of aliphatic carboxylic acids is 1. The second-order valence-electron chi connectivity index (χ2n) is 5.47. The monoisotopic (exact) mass is 295 g/mol. The van der Waals surface area contributed by atoms with E-state index >= 15 is 0 Å². The average molecular weight is 295 g/mol. The van der Waals surface area contributed by atoms with Gasteiger partial charge in [0.15, 0.2) is 12.3 Å². The second-order valence-corrected chi connectivity index (χ2v) is 5.47. The van der Waals surface area contributed by atoms with Crippen LogP contribution in [0.3, 0.4) is 0 Å². The summed E-state index contributed by atoms with van der Waals surface area (Å²) in [5.41, 5.74) is 0.856. The maximum absolute atomic E-state index is 11.6. The molecule has 2 aromatic rings. The van der Waals surface area contributed by atoms with Gasteiger partial charge >= 0.3 is 5.97 Å². The van der Waals surface area contributed by atoms with Gasteiger partial charge in [0.1, 0.15) is 5.76 Å². The van der Waals surface area contributed by atoms with Gasteiger partial charge in [-0.3, -0.25) is 9.69 Å². The van der Waals surface area contributed by atoms with Crippen molar-refractivity contribution in [2.75, 3.05) is 0 Å². The fraction of sp³-hybridized carbons (Fsp3) is 0.176. The van der Waals surface area contributed by atoms with Crippen molar-refractivity contribution in [1.29, 1.82) is 0 Å². The number of carbonyl (C=O) groups is 2. The highest BCUT2D eigenvalue weighted by molar-refractivity contribution is 5.92. The molecule has 2 atom stereocenters. The van der Waals surface area contributed by atoms with E-state index in [0.29, 0.717) is 5.76 Å². The lowest BCUT2D eigenvalue weighted by Gasteiger charge is -2.33. The van der Waals surface area contributed by atoms with Crippen molar-refractivity contribution >= 4 is 28.7 Å². The molecule has 0 aliphatic carbocycles. The molecule has 0 aromatic heterocycles. The molecule has 0 saturated carbocycles. The van der Waals surface area contributed by atoms with Crippen LogP contribution >= 0.6 is 0 Å². The summed E-state index contributed by atoms with van der Waals surface area (Å²) in [5.74, 6) is -0.930. The van der Waals surface area contributed by atoms with Crippen molar-refractivity contribution in [3.63, 3.8) is 0 Å². The summed E-state index contributed by atoms with van der Waals surface area (Å²) >= 11 is 0. The van der Waals surface area contributed by atoms with Crippen LogP contribution in [0.4, 0.5) is 0 Å². The van der Waals surface area contributed by atoms with E-state index in [1.165, 1.54) is 4.90 Å². The zero-order chi connectivity index (χ0) is 15.3. The highest BCUT2D eigenvalue weighted by Gasteiger charge is 2.53. The number of β-lactam (4-membered cyclic amide) rings is 1. The van der Waals surface area contributed by atoms with Crippen LogP contribution in [-0.4, -0.2) is 34.2 Å². The van der Waals surface area contributed by atoms with E-state index in [1.807, 2.05) is 42.5 Å².